The van der Waals surface area contributed by atoms with Gasteiger partial charge in [0, 0.05) is 10.0 Å². The predicted octanol–water partition coefficient (Wildman–Crippen LogP) is 8.45. The lowest BCUT2D eigenvalue weighted by molar-refractivity contribution is -0.113. The maximum atomic E-state index is 13.7. The van der Waals surface area contributed by atoms with Crippen molar-refractivity contribution < 1.29 is 9.53 Å². The Labute approximate surface area is 229 Å². The van der Waals surface area contributed by atoms with E-state index >= 15 is 0 Å². The molecule has 1 aliphatic rings. The average Bonchev–Trinajstić information content (AvgIpc) is 3.20. The topological polar surface area (TPSA) is 41.9 Å². The molecule has 0 bridgehead atoms. The Morgan fingerprint density at radius 1 is 0.892 bits per heavy atom. The van der Waals surface area contributed by atoms with E-state index < -0.39 is 0 Å². The van der Waals surface area contributed by atoms with Crippen LogP contribution >= 0.6 is 27.7 Å². The van der Waals surface area contributed by atoms with Gasteiger partial charge in [-0.05, 0) is 79.7 Å². The second-order valence-electron chi connectivity index (χ2n) is 8.77. The van der Waals surface area contributed by atoms with Gasteiger partial charge in [-0.15, -0.1) is 0 Å². The van der Waals surface area contributed by atoms with Crippen molar-refractivity contribution in [3.63, 3.8) is 0 Å². The zero-order chi connectivity index (χ0) is 25.8. The number of nitrogens with zero attached hydrogens (tertiary/aromatic N) is 2. The molecule has 6 heteroatoms. The third kappa shape index (κ3) is 6.04. The molecule has 4 aromatic carbocycles. The number of amides is 1. The van der Waals surface area contributed by atoms with Crippen LogP contribution in [0.15, 0.2) is 111 Å². The fourth-order valence-electron chi connectivity index (χ4n) is 3.84. The molecule has 37 heavy (non-hydrogen) atoms. The Morgan fingerprint density at radius 3 is 2.27 bits per heavy atom. The first-order valence-electron chi connectivity index (χ1n) is 11.9. The summed E-state index contributed by atoms with van der Waals surface area (Å²) in [6.45, 7) is 4.51. The number of ether oxygens (including phenoxy) is 1. The summed E-state index contributed by atoms with van der Waals surface area (Å²) in [7, 11) is 0. The van der Waals surface area contributed by atoms with Crippen molar-refractivity contribution in [2.45, 2.75) is 20.5 Å². The van der Waals surface area contributed by atoms with Crippen LogP contribution in [0.3, 0.4) is 0 Å². The van der Waals surface area contributed by atoms with E-state index in [0.29, 0.717) is 22.4 Å². The average molecular weight is 570 g/mol. The molecule has 1 aliphatic heterocycles. The highest BCUT2D eigenvalue weighted by molar-refractivity contribution is 9.10. The predicted molar refractivity (Wildman–Crippen MR) is 157 cm³/mol. The van der Waals surface area contributed by atoms with E-state index in [1.807, 2.05) is 117 Å². The van der Waals surface area contributed by atoms with Crippen LogP contribution in [0.2, 0.25) is 0 Å². The fraction of sp³-hybridized carbons (Fsp3) is 0.0968. The summed E-state index contributed by atoms with van der Waals surface area (Å²) in [5.74, 6) is 0.590. The molecule has 0 N–H and O–H groups in total. The fourth-order valence-corrected chi connectivity index (χ4v) is 5.21. The minimum absolute atomic E-state index is 0.117. The number of hydrogen-bond acceptors (Lipinski definition) is 4. The minimum atomic E-state index is -0.117. The molecule has 4 nitrogen and oxygen atoms in total. The van der Waals surface area contributed by atoms with Gasteiger partial charge in [-0.1, -0.05) is 81.7 Å². The third-order valence-electron chi connectivity index (χ3n) is 5.85. The van der Waals surface area contributed by atoms with Crippen LogP contribution in [0.25, 0.3) is 6.08 Å². The molecule has 0 atom stereocenters. The van der Waals surface area contributed by atoms with Gasteiger partial charge >= 0.3 is 0 Å². The number of halogens is 1. The van der Waals surface area contributed by atoms with Crippen LogP contribution in [-0.4, -0.2) is 11.1 Å². The highest BCUT2D eigenvalue weighted by atomic mass is 79.9. The molecule has 0 aliphatic carbocycles. The Morgan fingerprint density at radius 2 is 1.57 bits per heavy atom. The molecule has 1 amide bonds. The Bertz CT molecular complexity index is 1480. The largest absolute Gasteiger partial charge is 0.488 e. The quantitative estimate of drug-likeness (QED) is 0.219. The zero-order valence-corrected chi connectivity index (χ0v) is 22.9. The summed E-state index contributed by atoms with van der Waals surface area (Å²) in [6, 6.07) is 31.7. The van der Waals surface area contributed by atoms with Gasteiger partial charge in [0.1, 0.15) is 12.4 Å². The van der Waals surface area contributed by atoms with E-state index in [2.05, 4.69) is 15.9 Å². The summed E-state index contributed by atoms with van der Waals surface area (Å²) in [5, 5.41) is 0.616. The zero-order valence-electron chi connectivity index (χ0n) is 20.5. The van der Waals surface area contributed by atoms with Crippen molar-refractivity contribution in [3.05, 3.63) is 129 Å². The maximum absolute atomic E-state index is 13.7. The highest BCUT2D eigenvalue weighted by Gasteiger charge is 2.35. The number of amidine groups is 1. The van der Waals surface area contributed by atoms with Crippen LogP contribution in [0.5, 0.6) is 5.75 Å². The number of rotatable bonds is 6. The lowest BCUT2D eigenvalue weighted by Gasteiger charge is -2.16. The van der Waals surface area contributed by atoms with Crippen molar-refractivity contribution >= 4 is 56.2 Å². The molecular weight excluding hydrogens is 544 g/mol. The molecule has 5 rings (SSSR count). The van der Waals surface area contributed by atoms with Crippen LogP contribution < -0.4 is 9.64 Å². The van der Waals surface area contributed by atoms with Gasteiger partial charge in [0.15, 0.2) is 5.17 Å². The molecule has 0 unspecified atom stereocenters. The molecule has 0 radical (unpaired) electrons. The number of thioether (sulfide) groups is 1. The summed E-state index contributed by atoms with van der Waals surface area (Å²) in [6.07, 6.45) is 1.89. The van der Waals surface area contributed by atoms with Gasteiger partial charge in [-0.2, -0.15) is 0 Å². The van der Waals surface area contributed by atoms with Crippen LogP contribution in [0, 0.1) is 13.8 Å². The molecule has 184 valence electrons. The number of aryl methyl sites for hydroxylation is 2. The Kier molecular flexibility index (Phi) is 7.58. The number of hydrogen-bond donors (Lipinski definition) is 0. The summed E-state index contributed by atoms with van der Waals surface area (Å²) in [5.41, 5.74) is 5.77. The molecule has 4 aromatic rings. The molecule has 1 heterocycles. The summed E-state index contributed by atoms with van der Waals surface area (Å²) in [4.78, 5) is 20.8. The highest BCUT2D eigenvalue weighted by Crippen LogP contribution is 2.39. The number of aliphatic imine (C=N–C) groups is 1. The second-order valence-corrected chi connectivity index (χ2v) is 10.7. The molecule has 1 fully saturated rings. The molecule has 0 aromatic heterocycles. The van der Waals surface area contributed by atoms with Gasteiger partial charge < -0.3 is 4.74 Å². The maximum Gasteiger partial charge on any atom is 0.271 e. The number of carbonyl (C=O) groups excluding carboxylic acids is 1. The van der Waals surface area contributed by atoms with Gasteiger partial charge in [0.25, 0.3) is 5.91 Å². The van der Waals surface area contributed by atoms with Crippen LogP contribution in [0.4, 0.5) is 11.4 Å². The minimum Gasteiger partial charge on any atom is -0.488 e. The molecule has 0 saturated carbocycles. The van der Waals surface area contributed by atoms with E-state index in [4.69, 9.17) is 9.73 Å². The van der Waals surface area contributed by atoms with E-state index in [1.54, 1.807) is 4.90 Å². The van der Waals surface area contributed by atoms with Gasteiger partial charge in [-0.3, -0.25) is 9.69 Å². The van der Waals surface area contributed by atoms with Crippen LogP contribution in [0.1, 0.15) is 22.3 Å². The monoisotopic (exact) mass is 568 g/mol. The van der Waals surface area contributed by atoms with Gasteiger partial charge in [0.05, 0.1) is 16.3 Å². The van der Waals surface area contributed by atoms with E-state index in [9.17, 15) is 4.79 Å². The smallest absolute Gasteiger partial charge is 0.271 e. The molecule has 0 spiro atoms. The van der Waals surface area contributed by atoms with Crippen LogP contribution in [-0.2, 0) is 11.4 Å². The number of benzene rings is 4. The first kappa shape index (κ1) is 25.1. The Balaban J connectivity index is 1.51. The first-order valence-corrected chi connectivity index (χ1v) is 13.5. The molecule has 1 saturated heterocycles. The van der Waals surface area contributed by atoms with Crippen molar-refractivity contribution in [3.8, 4) is 5.75 Å². The summed E-state index contributed by atoms with van der Waals surface area (Å²) >= 11 is 4.93. The standard InChI is InChI=1S/C31H25BrN2O2S/c1-21-8-13-26(14-9-21)33-31-34(27-15-10-22(2)11-16-27)30(35)29(37-31)19-24-18-25(32)12-17-28(24)36-20-23-6-4-3-5-7-23/h3-19H,20H2,1-2H3/b29-19-,33-31?. The van der Waals surface area contributed by atoms with Crippen molar-refractivity contribution in [2.75, 3.05) is 4.90 Å². The van der Waals surface area contributed by atoms with Gasteiger partial charge in [-0.25, -0.2) is 4.99 Å². The SMILES string of the molecule is Cc1ccc(N=C2S/C(=C\c3cc(Br)ccc3OCc3ccccc3)C(=O)N2c2ccc(C)cc2)cc1. The third-order valence-corrected chi connectivity index (χ3v) is 7.31. The number of anilines is 1. The lowest BCUT2D eigenvalue weighted by atomic mass is 10.1. The lowest BCUT2D eigenvalue weighted by Crippen LogP contribution is -2.28. The summed E-state index contributed by atoms with van der Waals surface area (Å²) < 4.78 is 7.06. The van der Waals surface area contributed by atoms with Crippen molar-refractivity contribution in [1.29, 1.82) is 0 Å². The normalized spacial score (nSPS) is 15.5. The van der Waals surface area contributed by atoms with Crippen molar-refractivity contribution in [1.82, 2.24) is 0 Å². The van der Waals surface area contributed by atoms with Gasteiger partial charge in [0.2, 0.25) is 0 Å². The number of carbonyl (C=O) groups is 1. The van der Waals surface area contributed by atoms with Crippen molar-refractivity contribution in [2.24, 2.45) is 4.99 Å². The first-order chi connectivity index (χ1) is 18.0. The second kappa shape index (κ2) is 11.2. The molecular formula is C31H25BrN2O2S. The van der Waals surface area contributed by atoms with E-state index in [1.165, 1.54) is 11.8 Å². The Hall–Kier alpha value is -3.61. The van der Waals surface area contributed by atoms with E-state index in [-0.39, 0.29) is 5.91 Å². The van der Waals surface area contributed by atoms with E-state index in [0.717, 1.165) is 38.1 Å².